The SMILES string of the molecule is O=C(O)/C(F)=C\c1cnc(N[C@@H]2CCCN(CC3CCCCC3)C2)c(Cl)c1. The number of anilines is 1. The number of nitrogens with one attached hydrogen (secondary N) is 1. The molecule has 1 aromatic heterocycles. The molecule has 0 amide bonds. The summed E-state index contributed by atoms with van der Waals surface area (Å²) < 4.78 is 13.2. The number of carboxylic acid groups (broad SMARTS) is 1. The predicted octanol–water partition coefficient (Wildman–Crippen LogP) is 4.59. The molecule has 2 fully saturated rings. The number of aliphatic carboxylic acids is 1. The van der Waals surface area contributed by atoms with Gasteiger partial charge in [0.05, 0.1) is 5.02 Å². The molecule has 27 heavy (non-hydrogen) atoms. The Balaban J connectivity index is 1.57. The molecular formula is C20H27ClFN3O2. The summed E-state index contributed by atoms with van der Waals surface area (Å²) in [5.41, 5.74) is 0.327. The van der Waals surface area contributed by atoms with E-state index in [0.29, 0.717) is 16.4 Å². The van der Waals surface area contributed by atoms with Crippen LogP contribution in [0.15, 0.2) is 18.1 Å². The van der Waals surface area contributed by atoms with Crippen molar-refractivity contribution in [3.8, 4) is 0 Å². The van der Waals surface area contributed by atoms with Crippen molar-refractivity contribution in [3.63, 3.8) is 0 Å². The first-order valence-electron chi connectivity index (χ1n) is 9.76. The quantitative estimate of drug-likeness (QED) is 0.690. The Hall–Kier alpha value is -1.66. The van der Waals surface area contributed by atoms with Crippen LogP contribution in [0.25, 0.3) is 6.08 Å². The van der Waals surface area contributed by atoms with Gasteiger partial charge in [0, 0.05) is 25.3 Å². The van der Waals surface area contributed by atoms with Crippen molar-refractivity contribution in [1.82, 2.24) is 9.88 Å². The van der Waals surface area contributed by atoms with Gasteiger partial charge < -0.3 is 15.3 Å². The number of aromatic nitrogens is 1. The van der Waals surface area contributed by atoms with E-state index in [4.69, 9.17) is 16.7 Å². The molecule has 0 radical (unpaired) electrons. The molecule has 0 spiro atoms. The largest absolute Gasteiger partial charge is 0.476 e. The van der Waals surface area contributed by atoms with Crippen molar-refractivity contribution in [1.29, 1.82) is 0 Å². The predicted molar refractivity (Wildman–Crippen MR) is 106 cm³/mol. The van der Waals surface area contributed by atoms with Gasteiger partial charge in [-0.1, -0.05) is 30.9 Å². The maximum absolute atomic E-state index is 13.2. The van der Waals surface area contributed by atoms with Crippen molar-refractivity contribution in [3.05, 3.63) is 28.7 Å². The van der Waals surface area contributed by atoms with Crippen LogP contribution in [0.4, 0.5) is 10.2 Å². The molecule has 1 aromatic rings. The lowest BCUT2D eigenvalue weighted by Crippen LogP contribution is -2.44. The Labute approximate surface area is 164 Å². The normalized spacial score (nSPS) is 22.6. The molecule has 7 heteroatoms. The fourth-order valence-corrected chi connectivity index (χ4v) is 4.34. The maximum atomic E-state index is 13.2. The van der Waals surface area contributed by atoms with Crippen LogP contribution in [0.2, 0.25) is 5.02 Å². The highest BCUT2D eigenvalue weighted by Gasteiger charge is 2.24. The zero-order chi connectivity index (χ0) is 19.2. The summed E-state index contributed by atoms with van der Waals surface area (Å²) in [6, 6.07) is 1.81. The fourth-order valence-electron chi connectivity index (χ4n) is 4.11. The van der Waals surface area contributed by atoms with Gasteiger partial charge in [0.25, 0.3) is 0 Å². The molecular weight excluding hydrogens is 369 g/mol. The van der Waals surface area contributed by atoms with E-state index in [9.17, 15) is 9.18 Å². The molecule has 2 N–H and O–H groups in total. The molecule has 1 aliphatic carbocycles. The first-order chi connectivity index (χ1) is 13.0. The third kappa shape index (κ3) is 5.91. The number of likely N-dealkylation sites (tertiary alicyclic amines) is 1. The smallest absolute Gasteiger partial charge is 0.364 e. The molecule has 2 aliphatic rings. The molecule has 1 atom stereocenters. The highest BCUT2D eigenvalue weighted by molar-refractivity contribution is 6.33. The molecule has 1 saturated carbocycles. The van der Waals surface area contributed by atoms with Crippen molar-refractivity contribution in [2.24, 2.45) is 5.92 Å². The first-order valence-corrected chi connectivity index (χ1v) is 10.1. The second-order valence-electron chi connectivity index (χ2n) is 7.64. The Morgan fingerprint density at radius 2 is 2.11 bits per heavy atom. The number of halogens is 2. The van der Waals surface area contributed by atoms with Gasteiger partial charge in [-0.3, -0.25) is 0 Å². The molecule has 2 heterocycles. The van der Waals surface area contributed by atoms with Crippen LogP contribution in [-0.2, 0) is 4.79 Å². The van der Waals surface area contributed by atoms with Crippen molar-refractivity contribution < 1.29 is 14.3 Å². The number of pyridine rings is 1. The van der Waals surface area contributed by atoms with E-state index >= 15 is 0 Å². The van der Waals surface area contributed by atoms with E-state index in [2.05, 4.69) is 15.2 Å². The van der Waals surface area contributed by atoms with E-state index in [1.54, 1.807) is 0 Å². The van der Waals surface area contributed by atoms with E-state index in [0.717, 1.165) is 37.9 Å². The summed E-state index contributed by atoms with van der Waals surface area (Å²) >= 11 is 6.27. The molecule has 0 aromatic carbocycles. The molecule has 0 bridgehead atoms. The van der Waals surface area contributed by atoms with Gasteiger partial charge in [-0.15, -0.1) is 0 Å². The third-order valence-electron chi connectivity index (χ3n) is 5.45. The van der Waals surface area contributed by atoms with E-state index in [-0.39, 0.29) is 6.04 Å². The average molecular weight is 396 g/mol. The fraction of sp³-hybridized carbons (Fsp3) is 0.600. The second kappa shape index (κ2) is 9.51. The Morgan fingerprint density at radius 1 is 1.33 bits per heavy atom. The number of nitrogens with zero attached hydrogens (tertiary/aromatic N) is 2. The van der Waals surface area contributed by atoms with Gasteiger partial charge in [0.1, 0.15) is 5.82 Å². The van der Waals surface area contributed by atoms with Crippen LogP contribution in [0, 0.1) is 5.92 Å². The van der Waals surface area contributed by atoms with Crippen LogP contribution in [0.3, 0.4) is 0 Å². The zero-order valence-electron chi connectivity index (χ0n) is 15.5. The Kier molecular flexibility index (Phi) is 7.07. The van der Waals surface area contributed by atoms with Crippen LogP contribution < -0.4 is 5.32 Å². The van der Waals surface area contributed by atoms with Crippen LogP contribution >= 0.6 is 11.6 Å². The minimum Gasteiger partial charge on any atom is -0.476 e. The van der Waals surface area contributed by atoms with Crippen molar-refractivity contribution in [2.45, 2.75) is 51.0 Å². The number of hydrogen-bond acceptors (Lipinski definition) is 4. The molecule has 148 valence electrons. The number of piperidine rings is 1. The summed E-state index contributed by atoms with van der Waals surface area (Å²) in [6.07, 6.45) is 11.4. The number of hydrogen-bond donors (Lipinski definition) is 2. The topological polar surface area (TPSA) is 65.5 Å². The molecule has 3 rings (SSSR count). The molecule has 5 nitrogen and oxygen atoms in total. The summed E-state index contributed by atoms with van der Waals surface area (Å²) in [4.78, 5) is 17.4. The number of carboxylic acids is 1. The van der Waals surface area contributed by atoms with Crippen LogP contribution in [-0.4, -0.2) is 46.6 Å². The number of rotatable bonds is 6. The lowest BCUT2D eigenvalue weighted by Gasteiger charge is -2.36. The van der Waals surface area contributed by atoms with Gasteiger partial charge in [-0.05, 0) is 55.9 Å². The first kappa shape index (κ1) is 20.1. The van der Waals surface area contributed by atoms with E-state index < -0.39 is 11.8 Å². The van der Waals surface area contributed by atoms with E-state index in [1.165, 1.54) is 50.9 Å². The van der Waals surface area contributed by atoms with Gasteiger partial charge in [-0.2, -0.15) is 4.39 Å². The molecule has 1 aliphatic heterocycles. The third-order valence-corrected chi connectivity index (χ3v) is 5.74. The Bertz CT molecular complexity index is 692. The summed E-state index contributed by atoms with van der Waals surface area (Å²) in [7, 11) is 0. The minimum atomic E-state index is -1.60. The molecule has 1 saturated heterocycles. The monoisotopic (exact) mass is 395 g/mol. The van der Waals surface area contributed by atoms with Gasteiger partial charge >= 0.3 is 5.97 Å². The summed E-state index contributed by atoms with van der Waals surface area (Å²) in [5.74, 6) is -1.45. The van der Waals surface area contributed by atoms with E-state index in [1.807, 2.05) is 0 Å². The van der Waals surface area contributed by atoms with Gasteiger partial charge in [0.2, 0.25) is 5.83 Å². The summed E-state index contributed by atoms with van der Waals surface area (Å²) in [6.45, 7) is 3.30. The lowest BCUT2D eigenvalue weighted by molar-refractivity contribution is -0.134. The number of carbonyl (C=O) groups is 1. The lowest BCUT2D eigenvalue weighted by atomic mass is 9.88. The van der Waals surface area contributed by atoms with Gasteiger partial charge in [-0.25, -0.2) is 9.78 Å². The van der Waals surface area contributed by atoms with Crippen molar-refractivity contribution in [2.75, 3.05) is 25.0 Å². The standard InChI is InChI=1S/C20H27ClFN3O2/c21-17-9-15(10-18(22)20(26)27)11-23-19(17)24-16-7-4-8-25(13-16)12-14-5-2-1-3-6-14/h9-11,14,16H,1-8,12-13H2,(H,23,24)(H,26,27)/b18-10+/t16-/m1/s1. The minimum absolute atomic E-state index is 0.282. The highest BCUT2D eigenvalue weighted by Crippen LogP contribution is 2.27. The second-order valence-corrected chi connectivity index (χ2v) is 8.05. The van der Waals surface area contributed by atoms with Crippen LogP contribution in [0.5, 0.6) is 0 Å². The summed E-state index contributed by atoms with van der Waals surface area (Å²) in [5, 5.41) is 12.4. The highest BCUT2D eigenvalue weighted by atomic mass is 35.5. The molecule has 0 unspecified atom stereocenters. The van der Waals surface area contributed by atoms with Gasteiger partial charge in [0.15, 0.2) is 0 Å². The Morgan fingerprint density at radius 3 is 2.81 bits per heavy atom. The zero-order valence-corrected chi connectivity index (χ0v) is 16.2. The van der Waals surface area contributed by atoms with Crippen LogP contribution in [0.1, 0.15) is 50.5 Å². The maximum Gasteiger partial charge on any atom is 0.364 e. The average Bonchev–Trinajstić information content (AvgIpc) is 2.65. The van der Waals surface area contributed by atoms with Crippen molar-refractivity contribution >= 4 is 29.5 Å².